The van der Waals surface area contributed by atoms with E-state index in [1.165, 1.54) is 20.4 Å². The molecule has 3 fully saturated rings. The first-order valence-electron chi connectivity index (χ1n) is 6.72. The molecule has 7 nitrogen and oxygen atoms in total. The number of carboxylic acid groups (broad SMARTS) is 1. The maximum Gasteiger partial charge on any atom is 0.322 e. The van der Waals surface area contributed by atoms with Crippen LogP contribution in [-0.2, 0) is 19.7 Å². The molecule has 3 aliphatic rings. The van der Waals surface area contributed by atoms with Crippen molar-refractivity contribution in [3.63, 3.8) is 0 Å². The number of nitrogens with zero attached hydrogens (tertiary/aromatic N) is 2. The number of thioether (sulfide) groups is 1. The zero-order chi connectivity index (χ0) is 14.3. The van der Waals surface area contributed by atoms with Crippen molar-refractivity contribution in [3.05, 3.63) is 0 Å². The number of ether oxygens (including phenoxy) is 1. The van der Waals surface area contributed by atoms with Crippen LogP contribution in [0.4, 0.5) is 0 Å². The van der Waals surface area contributed by atoms with Gasteiger partial charge in [-0.3, -0.25) is 4.79 Å². The highest BCUT2D eigenvalue weighted by atomic mass is 32.2. The zero-order valence-electron chi connectivity index (χ0n) is 11.0. The number of rotatable bonds is 4. The van der Waals surface area contributed by atoms with E-state index in [-0.39, 0.29) is 5.37 Å². The topological polar surface area (TPSA) is 87.2 Å². The number of morpholine rings is 1. The van der Waals surface area contributed by atoms with Gasteiger partial charge in [-0.05, 0) is 18.8 Å². The highest BCUT2D eigenvalue weighted by Gasteiger charge is 2.52. The summed E-state index contributed by atoms with van der Waals surface area (Å²) in [4.78, 5) is 11.4. The molecule has 0 aromatic rings. The Morgan fingerprint density at radius 2 is 1.90 bits per heavy atom. The Morgan fingerprint density at radius 1 is 1.25 bits per heavy atom. The molecule has 0 amide bonds. The largest absolute Gasteiger partial charge is 0.480 e. The predicted molar refractivity (Wildman–Crippen MR) is 73.5 cm³/mol. The van der Waals surface area contributed by atoms with Crippen LogP contribution in [0.5, 0.6) is 0 Å². The van der Waals surface area contributed by atoms with Gasteiger partial charge in [0.15, 0.2) is 0 Å². The van der Waals surface area contributed by atoms with Crippen LogP contribution in [-0.4, -0.2) is 71.6 Å². The summed E-state index contributed by atoms with van der Waals surface area (Å²) in [5.74, 6) is -0.419. The minimum atomic E-state index is -3.73. The lowest BCUT2D eigenvalue weighted by Crippen LogP contribution is -2.54. The lowest BCUT2D eigenvalue weighted by Gasteiger charge is -2.34. The van der Waals surface area contributed by atoms with Crippen LogP contribution in [0, 0.1) is 5.92 Å². The number of hydrogen-bond acceptors (Lipinski definition) is 5. The average Bonchev–Trinajstić information content (AvgIpc) is 3.17. The van der Waals surface area contributed by atoms with Gasteiger partial charge in [0.2, 0.25) is 0 Å². The first-order chi connectivity index (χ1) is 9.51. The molecule has 1 aliphatic carbocycles. The standard InChI is InChI=1S/C11H18N2O5S2/c14-11(15)9-7-19-10(8-1-2-8)13(9)20(16,17)12-3-5-18-6-4-12/h8-10H,1-7H2,(H,14,15). The van der Waals surface area contributed by atoms with Crippen LogP contribution >= 0.6 is 11.8 Å². The number of aliphatic carboxylic acids is 1. The van der Waals surface area contributed by atoms with Gasteiger partial charge < -0.3 is 9.84 Å². The van der Waals surface area contributed by atoms with Crippen molar-refractivity contribution >= 4 is 27.9 Å². The van der Waals surface area contributed by atoms with Crippen LogP contribution in [0.2, 0.25) is 0 Å². The SMILES string of the molecule is O=C(O)C1CSC(C2CC2)N1S(=O)(=O)N1CCOCC1. The molecule has 1 N–H and O–H groups in total. The normalized spacial score (nSPS) is 33.4. The van der Waals surface area contributed by atoms with Crippen LogP contribution < -0.4 is 0 Å². The van der Waals surface area contributed by atoms with E-state index in [2.05, 4.69) is 0 Å². The fraction of sp³-hybridized carbons (Fsp3) is 0.909. The van der Waals surface area contributed by atoms with Crippen molar-refractivity contribution in [3.8, 4) is 0 Å². The van der Waals surface area contributed by atoms with Crippen molar-refractivity contribution in [2.45, 2.75) is 24.3 Å². The van der Waals surface area contributed by atoms with Crippen molar-refractivity contribution in [2.24, 2.45) is 5.92 Å². The second-order valence-electron chi connectivity index (χ2n) is 5.26. The third kappa shape index (κ3) is 2.57. The van der Waals surface area contributed by atoms with Gasteiger partial charge in [0.05, 0.1) is 18.6 Å². The Hall–Kier alpha value is -0.350. The van der Waals surface area contributed by atoms with Crippen LogP contribution in [0.1, 0.15) is 12.8 Å². The lowest BCUT2D eigenvalue weighted by molar-refractivity contribution is -0.140. The molecule has 0 radical (unpaired) electrons. The maximum atomic E-state index is 12.8. The smallest absolute Gasteiger partial charge is 0.322 e. The van der Waals surface area contributed by atoms with E-state index < -0.39 is 22.2 Å². The fourth-order valence-corrected chi connectivity index (χ4v) is 6.54. The van der Waals surface area contributed by atoms with Gasteiger partial charge in [-0.2, -0.15) is 17.0 Å². The Balaban J connectivity index is 1.87. The Kier molecular flexibility index (Phi) is 3.97. The molecule has 2 saturated heterocycles. The van der Waals surface area contributed by atoms with Gasteiger partial charge in [0, 0.05) is 18.8 Å². The van der Waals surface area contributed by atoms with Crippen LogP contribution in [0.3, 0.4) is 0 Å². The Morgan fingerprint density at radius 3 is 2.45 bits per heavy atom. The van der Waals surface area contributed by atoms with Crippen molar-refractivity contribution in [2.75, 3.05) is 32.1 Å². The molecule has 20 heavy (non-hydrogen) atoms. The van der Waals surface area contributed by atoms with Gasteiger partial charge in [-0.15, -0.1) is 11.8 Å². The second-order valence-corrected chi connectivity index (χ2v) is 8.25. The fourth-order valence-electron chi connectivity index (χ4n) is 2.62. The molecule has 0 bridgehead atoms. The van der Waals surface area contributed by atoms with Gasteiger partial charge in [-0.25, -0.2) is 0 Å². The van der Waals surface area contributed by atoms with E-state index in [1.807, 2.05) is 0 Å². The molecule has 1 saturated carbocycles. The van der Waals surface area contributed by atoms with Crippen molar-refractivity contribution < 1.29 is 23.1 Å². The molecule has 0 aromatic carbocycles. The molecule has 3 rings (SSSR count). The summed E-state index contributed by atoms with van der Waals surface area (Å²) in [6.07, 6.45) is 1.97. The third-order valence-electron chi connectivity index (χ3n) is 3.86. The van der Waals surface area contributed by atoms with Crippen LogP contribution in [0.15, 0.2) is 0 Å². The summed E-state index contributed by atoms with van der Waals surface area (Å²) in [6.45, 7) is 1.33. The van der Waals surface area contributed by atoms with E-state index in [4.69, 9.17) is 4.74 Å². The van der Waals surface area contributed by atoms with Crippen molar-refractivity contribution in [1.82, 2.24) is 8.61 Å². The summed E-state index contributed by atoms with van der Waals surface area (Å²) in [5, 5.41) is 9.08. The van der Waals surface area contributed by atoms with E-state index in [9.17, 15) is 18.3 Å². The first kappa shape index (κ1) is 14.6. The second kappa shape index (κ2) is 5.45. The third-order valence-corrected chi connectivity index (χ3v) is 7.48. The van der Waals surface area contributed by atoms with Gasteiger partial charge in [0.1, 0.15) is 6.04 Å². The highest BCUT2D eigenvalue weighted by molar-refractivity contribution is 8.01. The average molecular weight is 322 g/mol. The van der Waals surface area contributed by atoms with E-state index >= 15 is 0 Å². The molecule has 9 heteroatoms. The van der Waals surface area contributed by atoms with E-state index in [0.717, 1.165) is 12.8 Å². The number of carboxylic acids is 1. The molecule has 114 valence electrons. The summed E-state index contributed by atoms with van der Waals surface area (Å²) >= 11 is 1.46. The predicted octanol–water partition coefficient (Wildman–Crippen LogP) is -0.198. The van der Waals surface area contributed by atoms with Gasteiger partial charge in [0.25, 0.3) is 10.2 Å². The molecule has 2 unspecified atom stereocenters. The first-order valence-corrected chi connectivity index (χ1v) is 9.17. The zero-order valence-corrected chi connectivity index (χ0v) is 12.6. The molecule has 2 heterocycles. The summed E-state index contributed by atoms with van der Waals surface area (Å²) in [6, 6.07) is -0.946. The Labute approximate surface area is 122 Å². The summed E-state index contributed by atoms with van der Waals surface area (Å²) in [7, 11) is -3.73. The van der Waals surface area contributed by atoms with E-state index in [1.54, 1.807) is 0 Å². The Bertz CT molecular complexity index is 487. The quantitative estimate of drug-likeness (QED) is 0.771. The molecular formula is C11H18N2O5S2. The highest BCUT2D eigenvalue weighted by Crippen LogP contribution is 2.47. The number of carbonyl (C=O) groups is 1. The molecular weight excluding hydrogens is 304 g/mol. The molecule has 0 aromatic heterocycles. The number of hydrogen-bond donors (Lipinski definition) is 1. The lowest BCUT2D eigenvalue weighted by atomic mass is 10.3. The molecule has 2 atom stereocenters. The molecule has 2 aliphatic heterocycles. The minimum Gasteiger partial charge on any atom is -0.480 e. The van der Waals surface area contributed by atoms with Gasteiger partial charge >= 0.3 is 5.97 Å². The minimum absolute atomic E-state index is 0.219. The van der Waals surface area contributed by atoms with Gasteiger partial charge in [-0.1, -0.05) is 0 Å². The molecule has 0 spiro atoms. The van der Waals surface area contributed by atoms with Crippen molar-refractivity contribution in [1.29, 1.82) is 0 Å². The summed E-state index contributed by atoms with van der Waals surface area (Å²) < 4.78 is 33.3. The monoisotopic (exact) mass is 322 g/mol. The van der Waals surface area contributed by atoms with Crippen LogP contribution in [0.25, 0.3) is 0 Å². The maximum absolute atomic E-state index is 12.8. The summed E-state index contributed by atoms with van der Waals surface area (Å²) in [5.41, 5.74) is 0. The van der Waals surface area contributed by atoms with E-state index in [0.29, 0.717) is 38.0 Å².